The maximum Gasteiger partial charge on any atom is 0.266 e. The number of thiocarbonyl (C=S) groups is 1. The van der Waals surface area contributed by atoms with E-state index in [9.17, 15) is 14.7 Å². The van der Waals surface area contributed by atoms with Crippen LogP contribution in [-0.2, 0) is 9.59 Å². The van der Waals surface area contributed by atoms with Crippen LogP contribution in [0.3, 0.4) is 0 Å². The zero-order valence-electron chi connectivity index (χ0n) is 11.6. The Morgan fingerprint density at radius 3 is 2.65 bits per heavy atom. The first-order chi connectivity index (χ1) is 10.9. The Morgan fingerprint density at radius 2 is 2.09 bits per heavy atom. The van der Waals surface area contributed by atoms with E-state index in [1.54, 1.807) is 6.08 Å². The summed E-state index contributed by atoms with van der Waals surface area (Å²) in [5.41, 5.74) is 0.854. The number of carboxylic acid groups (broad SMARTS) is 1. The minimum atomic E-state index is -1.57. The van der Waals surface area contributed by atoms with Crippen molar-refractivity contribution in [2.24, 2.45) is 0 Å². The zero-order chi connectivity index (χ0) is 17.0. The molecule has 1 atom stereocenters. The Hall–Kier alpha value is -1.67. The van der Waals surface area contributed by atoms with Crippen LogP contribution in [0.5, 0.6) is 0 Å². The highest BCUT2D eigenvalue weighted by molar-refractivity contribution is 8.26. The summed E-state index contributed by atoms with van der Waals surface area (Å²) in [7, 11) is 0. The Kier molecular flexibility index (Phi) is 5.95. The molecular weight excluding hydrogens is 358 g/mol. The van der Waals surface area contributed by atoms with Crippen molar-refractivity contribution in [3.05, 3.63) is 51.9 Å². The van der Waals surface area contributed by atoms with E-state index in [0.717, 1.165) is 22.2 Å². The largest absolute Gasteiger partial charge is 0.548 e. The average molecular weight is 369 g/mol. The van der Waals surface area contributed by atoms with Gasteiger partial charge in [-0.1, -0.05) is 65.9 Å². The third kappa shape index (κ3) is 4.20. The van der Waals surface area contributed by atoms with Crippen molar-refractivity contribution in [1.29, 1.82) is 0 Å². The topological polar surface area (TPSA) is 80.7 Å². The number of carbonyl (C=O) groups is 2. The van der Waals surface area contributed by atoms with Gasteiger partial charge in [-0.3, -0.25) is 9.69 Å². The van der Waals surface area contributed by atoms with Gasteiger partial charge in [0.25, 0.3) is 5.91 Å². The van der Waals surface area contributed by atoms with Gasteiger partial charge in [-0.05, 0) is 17.7 Å². The Morgan fingerprint density at radius 1 is 1.43 bits per heavy atom. The van der Waals surface area contributed by atoms with Crippen molar-refractivity contribution >= 4 is 57.9 Å². The number of aliphatic hydroxyl groups is 1. The number of benzene rings is 1. The van der Waals surface area contributed by atoms with Crippen LogP contribution in [0.1, 0.15) is 5.56 Å². The molecule has 1 aliphatic rings. The summed E-state index contributed by atoms with van der Waals surface area (Å²) < 4.78 is 0.0358. The second-order valence-corrected chi connectivity index (χ2v) is 6.62. The van der Waals surface area contributed by atoms with Crippen LogP contribution in [0, 0.1) is 0 Å². The van der Waals surface area contributed by atoms with Crippen molar-refractivity contribution in [2.75, 3.05) is 6.61 Å². The number of hydrogen-bond donors (Lipinski definition) is 1. The number of rotatable bonds is 5. The molecule has 8 heteroatoms. The lowest BCUT2D eigenvalue weighted by atomic mass is 10.2. The van der Waals surface area contributed by atoms with E-state index in [2.05, 4.69) is 0 Å². The minimum absolute atomic E-state index is 0.0358. The molecule has 120 valence electrons. The third-order valence-electron chi connectivity index (χ3n) is 2.95. The van der Waals surface area contributed by atoms with Gasteiger partial charge in [-0.2, -0.15) is 0 Å². The molecule has 0 aliphatic carbocycles. The second-order valence-electron chi connectivity index (χ2n) is 4.51. The van der Waals surface area contributed by atoms with Crippen LogP contribution in [-0.4, -0.2) is 38.9 Å². The van der Waals surface area contributed by atoms with E-state index in [1.807, 2.05) is 30.3 Å². The molecule has 0 radical (unpaired) electrons. The molecule has 0 spiro atoms. The smallest absolute Gasteiger partial charge is 0.266 e. The number of allylic oxidation sites excluding steroid dienone is 2. The summed E-state index contributed by atoms with van der Waals surface area (Å²) in [6.07, 6.45) is 3.08. The number of nitrogens with zero attached hydrogens (tertiary/aromatic N) is 1. The van der Waals surface area contributed by atoms with Crippen LogP contribution in [0.15, 0.2) is 46.3 Å². The molecule has 23 heavy (non-hydrogen) atoms. The summed E-state index contributed by atoms with van der Waals surface area (Å²) in [4.78, 5) is 24.3. The molecule has 0 unspecified atom stereocenters. The van der Waals surface area contributed by atoms with Gasteiger partial charge in [0, 0.05) is 5.03 Å². The highest BCUT2D eigenvalue weighted by Crippen LogP contribution is 2.34. The van der Waals surface area contributed by atoms with Gasteiger partial charge in [0.2, 0.25) is 0 Å². The molecule has 0 saturated carbocycles. The molecular formula is C15H11ClNO4S2-. The fourth-order valence-electron chi connectivity index (χ4n) is 1.89. The van der Waals surface area contributed by atoms with Crippen molar-refractivity contribution in [2.45, 2.75) is 6.04 Å². The number of carboxylic acids is 1. The predicted molar refractivity (Wildman–Crippen MR) is 91.3 cm³/mol. The van der Waals surface area contributed by atoms with Crippen LogP contribution >= 0.6 is 35.6 Å². The zero-order valence-corrected chi connectivity index (χ0v) is 14.0. The molecule has 1 aromatic carbocycles. The van der Waals surface area contributed by atoms with Crippen molar-refractivity contribution in [3.8, 4) is 0 Å². The summed E-state index contributed by atoms with van der Waals surface area (Å²) >= 11 is 12.0. The van der Waals surface area contributed by atoms with Crippen LogP contribution in [0.4, 0.5) is 0 Å². The van der Waals surface area contributed by atoms with Gasteiger partial charge in [0.1, 0.15) is 10.4 Å². The first-order valence-electron chi connectivity index (χ1n) is 6.45. The van der Waals surface area contributed by atoms with E-state index in [-0.39, 0.29) is 9.23 Å². The van der Waals surface area contributed by atoms with Crippen LogP contribution < -0.4 is 5.11 Å². The van der Waals surface area contributed by atoms with Gasteiger partial charge in [-0.25, -0.2) is 0 Å². The normalized spacial score (nSPS) is 18.6. The van der Waals surface area contributed by atoms with Crippen molar-refractivity contribution < 1.29 is 19.8 Å². The maximum absolute atomic E-state index is 12.3. The molecule has 1 heterocycles. The monoisotopic (exact) mass is 368 g/mol. The molecule has 1 aromatic rings. The van der Waals surface area contributed by atoms with Gasteiger partial charge in [0.15, 0.2) is 0 Å². The first-order valence-corrected chi connectivity index (χ1v) is 8.05. The van der Waals surface area contributed by atoms with Crippen molar-refractivity contribution in [1.82, 2.24) is 4.90 Å². The van der Waals surface area contributed by atoms with Crippen molar-refractivity contribution in [3.63, 3.8) is 0 Å². The van der Waals surface area contributed by atoms with E-state index in [1.165, 1.54) is 6.08 Å². The molecule has 1 N–H and O–H groups in total. The summed E-state index contributed by atoms with van der Waals surface area (Å²) in [5.74, 6) is -2.20. The molecule has 0 bridgehead atoms. The highest BCUT2D eigenvalue weighted by Gasteiger charge is 2.37. The summed E-state index contributed by atoms with van der Waals surface area (Å²) in [6, 6.07) is 7.75. The first kappa shape index (κ1) is 17.7. The Bertz CT molecular complexity index is 703. The standard InChI is InChI=1S/C15H12ClNO4S2/c16-10(6-9-4-2-1-3-5-9)7-12-13(19)17(15(22)23-12)11(8-18)14(20)21/h1-7,11,18H,8H2,(H,20,21)/p-1/b10-6-,12-7-/t11-/m0/s1. The molecule has 0 aromatic heterocycles. The van der Waals surface area contributed by atoms with E-state index in [4.69, 9.17) is 28.9 Å². The number of thioether (sulfide) groups is 1. The molecule has 1 fully saturated rings. The number of amides is 1. The quantitative estimate of drug-likeness (QED) is 0.619. The molecule has 2 rings (SSSR count). The second kappa shape index (κ2) is 7.74. The minimum Gasteiger partial charge on any atom is -0.548 e. The van der Waals surface area contributed by atoms with Gasteiger partial charge in [0.05, 0.1) is 17.5 Å². The van der Waals surface area contributed by atoms with Crippen LogP contribution in [0.2, 0.25) is 0 Å². The van der Waals surface area contributed by atoms with E-state index < -0.39 is 24.5 Å². The number of carbonyl (C=O) groups excluding carboxylic acids is 2. The van der Waals surface area contributed by atoms with Crippen LogP contribution in [0.25, 0.3) is 6.08 Å². The number of halogens is 1. The fourth-order valence-corrected chi connectivity index (χ4v) is 3.53. The third-order valence-corrected chi connectivity index (χ3v) is 4.50. The highest BCUT2D eigenvalue weighted by atomic mass is 35.5. The predicted octanol–water partition coefficient (Wildman–Crippen LogP) is 1.12. The lowest BCUT2D eigenvalue weighted by molar-refractivity contribution is -0.311. The Labute approximate surface area is 147 Å². The number of aliphatic hydroxyl groups excluding tert-OH is 1. The SMILES string of the molecule is O=C([O-])[C@H](CO)N1C(=O)/C(=C/C(Cl)=C/c2ccccc2)SC1=S. The summed E-state index contributed by atoms with van der Waals surface area (Å²) in [5, 5.41) is 20.4. The molecule has 1 saturated heterocycles. The molecule has 1 aliphatic heterocycles. The lowest BCUT2D eigenvalue weighted by Crippen LogP contribution is -2.51. The molecule has 5 nitrogen and oxygen atoms in total. The number of hydrogen-bond acceptors (Lipinski definition) is 6. The lowest BCUT2D eigenvalue weighted by Gasteiger charge is -2.25. The van der Waals surface area contributed by atoms with Gasteiger partial charge < -0.3 is 15.0 Å². The molecule has 1 amide bonds. The Balaban J connectivity index is 2.25. The van der Waals surface area contributed by atoms with E-state index in [0.29, 0.717) is 5.03 Å². The number of aliphatic carboxylic acids is 1. The average Bonchev–Trinajstić information content (AvgIpc) is 2.76. The maximum atomic E-state index is 12.3. The van der Waals surface area contributed by atoms with Gasteiger partial charge >= 0.3 is 0 Å². The van der Waals surface area contributed by atoms with E-state index >= 15 is 0 Å². The summed E-state index contributed by atoms with van der Waals surface area (Å²) in [6.45, 7) is -0.782. The fraction of sp³-hybridized carbons (Fsp3) is 0.133. The van der Waals surface area contributed by atoms with Gasteiger partial charge in [-0.15, -0.1) is 0 Å².